The number of phenolic OH excluding ortho intramolecular Hbond substituents is 1. The van der Waals surface area contributed by atoms with Gasteiger partial charge in [-0.15, -0.1) is 0 Å². The van der Waals surface area contributed by atoms with Crippen molar-refractivity contribution < 1.29 is 38.4 Å². The van der Waals surface area contributed by atoms with Gasteiger partial charge in [0.15, 0.2) is 17.8 Å². The Morgan fingerprint density at radius 1 is 1.16 bits per heavy atom. The molecule has 0 aromatic heterocycles. The van der Waals surface area contributed by atoms with Gasteiger partial charge < -0.3 is 24.1 Å². The average molecular weight is 444 g/mol. The first-order valence-electron chi connectivity index (χ1n) is 10.1. The monoisotopic (exact) mass is 444 g/mol. The number of aromatic hydroxyl groups is 1. The van der Waals surface area contributed by atoms with Crippen molar-refractivity contribution in [1.29, 1.82) is 0 Å². The fourth-order valence-corrected chi connectivity index (χ4v) is 3.37. The summed E-state index contributed by atoms with van der Waals surface area (Å²) in [7, 11) is 2.58. The molecule has 0 aliphatic heterocycles. The van der Waals surface area contributed by atoms with Gasteiger partial charge in [-0.25, -0.2) is 4.79 Å². The van der Waals surface area contributed by atoms with E-state index in [0.717, 1.165) is 0 Å². The molecule has 2 aromatic rings. The lowest BCUT2D eigenvalue weighted by Gasteiger charge is -2.26. The molecule has 0 aliphatic rings. The lowest BCUT2D eigenvalue weighted by atomic mass is 9.92. The highest BCUT2D eigenvalue weighted by atomic mass is 16.5. The van der Waals surface area contributed by atoms with Crippen LogP contribution in [0.4, 0.5) is 0 Å². The second kappa shape index (κ2) is 10.7. The number of aldehydes is 1. The number of carbonyl (C=O) groups excluding carboxylic acids is 3. The van der Waals surface area contributed by atoms with Crippen LogP contribution in [0.2, 0.25) is 0 Å². The average Bonchev–Trinajstić information content (AvgIpc) is 2.77. The molecule has 0 saturated carbocycles. The highest BCUT2D eigenvalue weighted by Gasteiger charge is 2.31. The molecule has 0 radical (unpaired) electrons. The molecule has 0 fully saturated rings. The molecule has 2 aromatic carbocycles. The molecule has 0 amide bonds. The Kier molecular flexibility index (Phi) is 8.23. The molecule has 0 bridgehead atoms. The molecule has 32 heavy (non-hydrogen) atoms. The zero-order valence-corrected chi connectivity index (χ0v) is 19.1. The van der Waals surface area contributed by atoms with Gasteiger partial charge in [-0.2, -0.15) is 0 Å². The highest BCUT2D eigenvalue weighted by Crippen LogP contribution is 2.43. The molecular formula is C24H28O8. The third-order valence-electron chi connectivity index (χ3n) is 5.09. The number of rotatable bonds is 9. The van der Waals surface area contributed by atoms with Crippen LogP contribution in [0, 0.1) is 12.8 Å². The van der Waals surface area contributed by atoms with Crippen LogP contribution >= 0.6 is 0 Å². The molecular weight excluding hydrogens is 416 g/mol. The lowest BCUT2D eigenvalue weighted by molar-refractivity contribution is -0.149. The molecule has 1 N–H and O–H groups in total. The number of methoxy groups -OCH3 is 2. The second-order valence-electron chi connectivity index (χ2n) is 7.39. The van der Waals surface area contributed by atoms with E-state index >= 15 is 0 Å². The number of esters is 2. The Balaban J connectivity index is 2.73. The van der Waals surface area contributed by atoms with Gasteiger partial charge in [0.1, 0.15) is 23.2 Å². The normalized spacial score (nSPS) is 12.4. The van der Waals surface area contributed by atoms with Crippen LogP contribution < -0.4 is 9.47 Å². The summed E-state index contributed by atoms with van der Waals surface area (Å²) in [4.78, 5) is 36.0. The molecule has 8 heteroatoms. The summed E-state index contributed by atoms with van der Waals surface area (Å²) in [6, 6.07) is 6.08. The van der Waals surface area contributed by atoms with Gasteiger partial charge in [-0.1, -0.05) is 13.8 Å². The third kappa shape index (κ3) is 5.19. The van der Waals surface area contributed by atoms with E-state index in [9.17, 15) is 19.5 Å². The Labute approximate surface area is 187 Å². The van der Waals surface area contributed by atoms with E-state index in [2.05, 4.69) is 0 Å². The van der Waals surface area contributed by atoms with Crippen molar-refractivity contribution in [3.63, 3.8) is 0 Å². The van der Waals surface area contributed by atoms with E-state index in [1.54, 1.807) is 19.1 Å². The fraction of sp³-hybridized carbons (Fsp3) is 0.375. The first kappa shape index (κ1) is 24.7. The summed E-state index contributed by atoms with van der Waals surface area (Å²) < 4.78 is 21.8. The van der Waals surface area contributed by atoms with Gasteiger partial charge in [-0.05, 0) is 49.1 Å². The summed E-state index contributed by atoms with van der Waals surface area (Å²) >= 11 is 0. The van der Waals surface area contributed by atoms with E-state index in [1.165, 1.54) is 33.3 Å². The molecule has 172 valence electrons. The van der Waals surface area contributed by atoms with Crippen molar-refractivity contribution in [2.24, 2.45) is 5.92 Å². The fourth-order valence-electron chi connectivity index (χ4n) is 3.37. The van der Waals surface area contributed by atoms with Crippen LogP contribution in [0.25, 0.3) is 0 Å². The number of phenols is 1. The van der Waals surface area contributed by atoms with Gasteiger partial charge >= 0.3 is 11.9 Å². The maximum atomic E-state index is 12.7. The van der Waals surface area contributed by atoms with Crippen molar-refractivity contribution >= 4 is 18.2 Å². The van der Waals surface area contributed by atoms with Gasteiger partial charge in [0, 0.05) is 12.5 Å². The van der Waals surface area contributed by atoms with Crippen LogP contribution in [0.3, 0.4) is 0 Å². The Bertz CT molecular complexity index is 1010. The number of benzene rings is 2. The van der Waals surface area contributed by atoms with Gasteiger partial charge in [0.25, 0.3) is 0 Å². The van der Waals surface area contributed by atoms with Crippen LogP contribution in [-0.2, 0) is 14.3 Å². The molecule has 2 atom stereocenters. The zero-order valence-electron chi connectivity index (χ0n) is 19.1. The predicted molar refractivity (Wildman–Crippen MR) is 117 cm³/mol. The van der Waals surface area contributed by atoms with E-state index in [0.29, 0.717) is 23.8 Å². The topological polar surface area (TPSA) is 108 Å². The van der Waals surface area contributed by atoms with Crippen LogP contribution in [-0.4, -0.2) is 37.6 Å². The predicted octanol–water partition coefficient (Wildman–Crippen LogP) is 4.75. The van der Waals surface area contributed by atoms with Gasteiger partial charge in [-0.3, -0.25) is 9.59 Å². The van der Waals surface area contributed by atoms with E-state index in [-0.39, 0.29) is 40.0 Å². The quantitative estimate of drug-likeness (QED) is 0.436. The van der Waals surface area contributed by atoms with Crippen molar-refractivity contribution in [3.05, 3.63) is 46.5 Å². The zero-order chi connectivity index (χ0) is 24.0. The summed E-state index contributed by atoms with van der Waals surface area (Å²) in [5.74, 6) is -1.56. The Morgan fingerprint density at radius 3 is 2.38 bits per heavy atom. The molecule has 0 heterocycles. The Hall–Kier alpha value is -3.55. The van der Waals surface area contributed by atoms with Crippen LogP contribution in [0.15, 0.2) is 24.3 Å². The first-order valence-corrected chi connectivity index (χ1v) is 10.1. The third-order valence-corrected chi connectivity index (χ3v) is 5.09. The number of aryl methyl sites for hydroxylation is 1. The molecule has 0 spiro atoms. The summed E-state index contributed by atoms with van der Waals surface area (Å²) in [6.45, 7) is 6.89. The smallest absolute Gasteiger partial charge is 0.345 e. The summed E-state index contributed by atoms with van der Waals surface area (Å²) in [5.41, 5.74) is 1.17. The largest absolute Gasteiger partial charge is 0.504 e. The molecule has 0 saturated heterocycles. The molecule has 2 rings (SSSR count). The lowest BCUT2D eigenvalue weighted by Crippen LogP contribution is -2.18. The van der Waals surface area contributed by atoms with Crippen LogP contribution in [0.1, 0.15) is 65.1 Å². The van der Waals surface area contributed by atoms with Gasteiger partial charge in [0.05, 0.1) is 19.8 Å². The van der Waals surface area contributed by atoms with Crippen molar-refractivity contribution in [2.75, 3.05) is 14.2 Å². The van der Waals surface area contributed by atoms with Gasteiger partial charge in [0.2, 0.25) is 0 Å². The van der Waals surface area contributed by atoms with E-state index < -0.39 is 18.0 Å². The molecule has 0 aliphatic carbocycles. The maximum absolute atomic E-state index is 12.7. The Morgan fingerprint density at radius 2 is 1.84 bits per heavy atom. The highest BCUT2D eigenvalue weighted by molar-refractivity contribution is 5.96. The van der Waals surface area contributed by atoms with Crippen molar-refractivity contribution in [1.82, 2.24) is 0 Å². The molecule has 2 unspecified atom stereocenters. The minimum absolute atomic E-state index is 0.00503. The number of hydrogen-bond donors (Lipinski definition) is 1. The van der Waals surface area contributed by atoms with Crippen LogP contribution in [0.5, 0.6) is 23.0 Å². The number of hydrogen-bond acceptors (Lipinski definition) is 8. The summed E-state index contributed by atoms with van der Waals surface area (Å²) in [5, 5.41) is 10.3. The maximum Gasteiger partial charge on any atom is 0.345 e. The van der Waals surface area contributed by atoms with E-state index in [4.69, 9.17) is 18.9 Å². The summed E-state index contributed by atoms with van der Waals surface area (Å²) in [6.07, 6.45) is 0.570. The number of ether oxygens (including phenoxy) is 4. The first-order chi connectivity index (χ1) is 15.2. The SMILES string of the molecule is CCC(C)C(OC(C)=O)c1ccc(Oc2c(O)cc(C)cc2C=O)c(C(=O)OC)c1OC. The number of carbonyl (C=O) groups is 3. The van der Waals surface area contributed by atoms with Crippen molar-refractivity contribution in [2.45, 2.75) is 40.2 Å². The minimum atomic E-state index is -0.760. The van der Waals surface area contributed by atoms with E-state index in [1.807, 2.05) is 13.8 Å². The van der Waals surface area contributed by atoms with Crippen molar-refractivity contribution in [3.8, 4) is 23.0 Å². The standard InChI is InChI=1S/C24H28O8/c1-7-14(3)21(31-15(4)26)17-8-9-19(20(23(17)29-5)24(28)30-6)32-22-16(12-25)10-13(2)11-18(22)27/h8-12,14,21,27H,7H2,1-6H3. The molecule has 8 nitrogen and oxygen atoms in total. The minimum Gasteiger partial charge on any atom is -0.504 e. The second-order valence-corrected chi connectivity index (χ2v) is 7.39.